The van der Waals surface area contributed by atoms with Crippen LogP contribution in [0, 0.1) is 0 Å². The third kappa shape index (κ3) is 7.06. The molecule has 2 heterocycles. The number of nitrogens with zero attached hydrogens (tertiary/aromatic N) is 2. The fourth-order valence-corrected chi connectivity index (χ4v) is 4.00. The van der Waals surface area contributed by atoms with Crippen LogP contribution in [-0.4, -0.2) is 71.4 Å². The first-order valence-corrected chi connectivity index (χ1v) is 11.1. The number of thioether (sulfide) groups is 1. The van der Waals surface area contributed by atoms with Gasteiger partial charge in [-0.05, 0) is 20.8 Å². The zero-order valence-corrected chi connectivity index (χ0v) is 18.8. The number of ether oxygens (including phenoxy) is 1. The van der Waals surface area contributed by atoms with Crippen molar-refractivity contribution in [3.05, 3.63) is 11.1 Å². The molecule has 1 aliphatic heterocycles. The topological polar surface area (TPSA) is 157 Å². The molecule has 0 spiro atoms. The molecular formula is C17H26N6O5S2. The minimum atomic E-state index is -0.684. The molecule has 5 N–H and O–H groups in total. The van der Waals surface area contributed by atoms with Crippen LogP contribution in [-0.2, 0) is 19.2 Å². The zero-order chi connectivity index (χ0) is 22.3. The predicted octanol–water partition coefficient (Wildman–Crippen LogP) is 0.317. The molecule has 1 aromatic rings. The van der Waals surface area contributed by atoms with Crippen LogP contribution < -0.4 is 21.7 Å². The molecule has 0 aromatic carbocycles. The molecule has 11 nitrogen and oxygen atoms in total. The van der Waals surface area contributed by atoms with Gasteiger partial charge in [-0.1, -0.05) is 16.5 Å². The summed E-state index contributed by atoms with van der Waals surface area (Å²) >= 11 is 2.62. The van der Waals surface area contributed by atoms with Crippen molar-refractivity contribution < 1.29 is 24.0 Å². The van der Waals surface area contributed by atoms with Crippen molar-refractivity contribution in [2.45, 2.75) is 38.5 Å². The number of anilines is 1. The molecule has 0 aliphatic carbocycles. The Kier molecular flexibility index (Phi) is 8.29. The summed E-state index contributed by atoms with van der Waals surface area (Å²) in [5.41, 5.74) is 5.06. The number of oxime groups is 1. The number of carbonyl (C=O) groups excluding carboxylic acids is 3. The number of nitrogens with one attached hydrogen (secondary N) is 3. The van der Waals surface area contributed by atoms with E-state index in [2.05, 4.69) is 26.1 Å². The summed E-state index contributed by atoms with van der Waals surface area (Å²) in [6, 6.07) is -0.917. The Balaban J connectivity index is 1.78. The molecule has 1 aliphatic rings. The van der Waals surface area contributed by atoms with Gasteiger partial charge in [-0.25, -0.2) is 9.78 Å². The molecule has 1 fully saturated rings. The lowest BCUT2D eigenvalue weighted by Crippen LogP contribution is -2.70. The second-order valence-electron chi connectivity index (χ2n) is 7.26. The van der Waals surface area contributed by atoms with Crippen LogP contribution in [0.1, 0.15) is 25.6 Å². The molecule has 166 valence electrons. The van der Waals surface area contributed by atoms with E-state index in [0.717, 1.165) is 11.3 Å². The van der Waals surface area contributed by atoms with E-state index in [1.165, 1.54) is 25.1 Å². The Morgan fingerprint density at radius 3 is 2.73 bits per heavy atom. The van der Waals surface area contributed by atoms with Crippen molar-refractivity contribution >= 4 is 51.8 Å². The number of aromatic nitrogens is 1. The molecule has 0 unspecified atom stereocenters. The van der Waals surface area contributed by atoms with Gasteiger partial charge in [0.05, 0.1) is 10.9 Å². The Labute approximate surface area is 182 Å². The fourth-order valence-electron chi connectivity index (χ4n) is 2.39. The summed E-state index contributed by atoms with van der Waals surface area (Å²) in [6.07, 6.45) is 0.947. The number of thiazole rings is 1. The Bertz CT molecular complexity index is 807. The third-order valence-electron chi connectivity index (χ3n) is 3.67. The molecule has 13 heteroatoms. The molecule has 1 saturated heterocycles. The second-order valence-corrected chi connectivity index (χ2v) is 9.47. The van der Waals surface area contributed by atoms with Crippen LogP contribution in [0.5, 0.6) is 0 Å². The minimum absolute atomic E-state index is 0.000589. The van der Waals surface area contributed by atoms with E-state index in [1.807, 2.05) is 0 Å². The summed E-state index contributed by atoms with van der Waals surface area (Å²) in [5.74, 6) is 0.364. The minimum Gasteiger partial charge on any atom is -0.444 e. The number of amides is 3. The molecule has 0 radical (unpaired) electrons. The average Bonchev–Trinajstić information content (AvgIpc) is 3.07. The van der Waals surface area contributed by atoms with E-state index < -0.39 is 23.6 Å². The summed E-state index contributed by atoms with van der Waals surface area (Å²) in [5, 5.41) is 12.1. The van der Waals surface area contributed by atoms with E-state index in [4.69, 9.17) is 15.3 Å². The van der Waals surface area contributed by atoms with Crippen LogP contribution in [0.15, 0.2) is 11.4 Å². The monoisotopic (exact) mass is 458 g/mol. The molecule has 2 rings (SSSR count). The molecule has 1 aromatic heterocycles. The smallest absolute Gasteiger partial charge is 0.407 e. The predicted molar refractivity (Wildman–Crippen MR) is 115 cm³/mol. The first-order valence-electron chi connectivity index (χ1n) is 9.09. The van der Waals surface area contributed by atoms with E-state index in [0.29, 0.717) is 22.9 Å². The van der Waals surface area contributed by atoms with Gasteiger partial charge in [0.1, 0.15) is 18.8 Å². The number of nitrogens with two attached hydrogens (primary N) is 1. The van der Waals surface area contributed by atoms with Gasteiger partial charge < -0.3 is 31.3 Å². The van der Waals surface area contributed by atoms with Crippen LogP contribution in [0.25, 0.3) is 0 Å². The zero-order valence-electron chi connectivity index (χ0n) is 17.2. The normalized spacial score (nSPS) is 18.8. The van der Waals surface area contributed by atoms with Gasteiger partial charge in [0.25, 0.3) is 5.91 Å². The maximum atomic E-state index is 12.6. The summed E-state index contributed by atoms with van der Waals surface area (Å²) in [4.78, 5) is 45.1. The molecule has 3 amide bonds. The van der Waals surface area contributed by atoms with Gasteiger partial charge >= 0.3 is 6.09 Å². The summed E-state index contributed by atoms with van der Waals surface area (Å²) < 4.78 is 5.16. The molecule has 30 heavy (non-hydrogen) atoms. The number of hydrogen-bond donors (Lipinski definition) is 4. The molecule has 0 bridgehead atoms. The highest BCUT2D eigenvalue weighted by atomic mass is 32.2. The highest BCUT2D eigenvalue weighted by Gasteiger charge is 2.41. The van der Waals surface area contributed by atoms with Gasteiger partial charge in [-0.3, -0.25) is 9.59 Å². The summed E-state index contributed by atoms with van der Waals surface area (Å²) in [7, 11) is 1.32. The lowest BCUT2D eigenvalue weighted by atomic mass is 10.0. The van der Waals surface area contributed by atoms with Crippen LogP contribution in [0.3, 0.4) is 0 Å². The quantitative estimate of drug-likeness (QED) is 0.178. The molecule has 2 atom stereocenters. The number of nitrogen functional groups attached to an aromatic ring is 1. The largest absolute Gasteiger partial charge is 0.444 e. The van der Waals surface area contributed by atoms with Crippen molar-refractivity contribution in [3.63, 3.8) is 0 Å². The number of hydrogen-bond acceptors (Lipinski definition) is 10. The second kappa shape index (κ2) is 10.5. The number of alkyl carbamates (subject to hydrolysis) is 1. The standard InChI is InChI=1S/C17H26N6O5S2/c1-17(2,3)28-16(26)19-5-6-29-8-9-11(13(24)21-9)22-14(25)12(23-27-4)10-7-20-15(18)30-10/h7,9,11H,5-6,8H2,1-4H3,(H2,18,20)(H,19,26)(H,21,24)(H,22,25)/b23-12-/t9-,11-/m0/s1. The van der Waals surface area contributed by atoms with E-state index in [1.54, 1.807) is 20.8 Å². The highest BCUT2D eigenvalue weighted by molar-refractivity contribution is 7.99. The summed E-state index contributed by atoms with van der Waals surface area (Å²) in [6.45, 7) is 5.81. The Morgan fingerprint density at radius 2 is 2.17 bits per heavy atom. The van der Waals surface area contributed by atoms with Gasteiger partial charge in [-0.15, -0.1) is 0 Å². The molecular weight excluding hydrogens is 432 g/mol. The van der Waals surface area contributed by atoms with Crippen molar-refractivity contribution in [2.24, 2.45) is 5.16 Å². The Hall–Kier alpha value is -2.54. The first-order chi connectivity index (χ1) is 14.1. The first kappa shape index (κ1) is 23.7. The van der Waals surface area contributed by atoms with E-state index >= 15 is 0 Å². The number of carbonyl (C=O) groups is 3. The van der Waals surface area contributed by atoms with Crippen LogP contribution in [0.2, 0.25) is 0 Å². The van der Waals surface area contributed by atoms with Gasteiger partial charge in [0.15, 0.2) is 10.8 Å². The van der Waals surface area contributed by atoms with E-state index in [-0.39, 0.29) is 22.8 Å². The van der Waals surface area contributed by atoms with Gasteiger partial charge in [0.2, 0.25) is 5.91 Å². The average molecular weight is 459 g/mol. The van der Waals surface area contributed by atoms with Crippen LogP contribution >= 0.6 is 23.1 Å². The molecule has 0 saturated carbocycles. The van der Waals surface area contributed by atoms with Gasteiger partial charge in [-0.2, -0.15) is 11.8 Å². The third-order valence-corrected chi connectivity index (χ3v) is 5.59. The number of β-lactam (4-membered cyclic amide) rings is 1. The lowest BCUT2D eigenvalue weighted by Gasteiger charge is -2.36. The van der Waals surface area contributed by atoms with Crippen molar-refractivity contribution in [3.8, 4) is 0 Å². The Morgan fingerprint density at radius 1 is 1.43 bits per heavy atom. The van der Waals surface area contributed by atoms with Crippen molar-refractivity contribution in [1.82, 2.24) is 20.9 Å². The lowest BCUT2D eigenvalue weighted by molar-refractivity contribution is -0.134. The van der Waals surface area contributed by atoms with E-state index in [9.17, 15) is 14.4 Å². The van der Waals surface area contributed by atoms with Crippen molar-refractivity contribution in [1.29, 1.82) is 0 Å². The fraction of sp³-hybridized carbons (Fsp3) is 0.588. The van der Waals surface area contributed by atoms with Crippen LogP contribution in [0.4, 0.5) is 9.93 Å². The van der Waals surface area contributed by atoms with Crippen molar-refractivity contribution in [2.75, 3.05) is 30.9 Å². The highest BCUT2D eigenvalue weighted by Crippen LogP contribution is 2.17. The number of rotatable bonds is 9. The maximum Gasteiger partial charge on any atom is 0.407 e. The SMILES string of the molecule is CO/N=C(\C(=O)N[C@@H]1C(=O)N[C@H]1CSCCNC(=O)OC(C)(C)C)c1cnc(N)s1. The van der Waals surface area contributed by atoms with Gasteiger partial charge in [0, 0.05) is 24.2 Å². The maximum absolute atomic E-state index is 12.6.